The standard InChI is InChI=1S/C14H20Cl2N2/c15-13-5-4-12(14(16)11-13)3-1-2-8-18-9-6-17-7-10-18/h4-5,11,17H,1-3,6-10H2. The molecule has 1 heterocycles. The van der Waals surface area contributed by atoms with Crippen molar-refractivity contribution in [2.75, 3.05) is 32.7 Å². The number of hydrogen-bond acceptors (Lipinski definition) is 2. The Labute approximate surface area is 119 Å². The van der Waals surface area contributed by atoms with Gasteiger partial charge in [-0.3, -0.25) is 0 Å². The molecule has 1 aliphatic rings. The van der Waals surface area contributed by atoms with Gasteiger partial charge < -0.3 is 10.2 Å². The smallest absolute Gasteiger partial charge is 0.0452 e. The van der Waals surface area contributed by atoms with Crippen LogP contribution < -0.4 is 5.32 Å². The molecule has 4 heteroatoms. The minimum atomic E-state index is 0.713. The topological polar surface area (TPSA) is 15.3 Å². The third-order valence-corrected chi connectivity index (χ3v) is 3.98. The van der Waals surface area contributed by atoms with Crippen LogP contribution in [-0.2, 0) is 6.42 Å². The van der Waals surface area contributed by atoms with E-state index in [-0.39, 0.29) is 0 Å². The van der Waals surface area contributed by atoms with E-state index in [9.17, 15) is 0 Å². The largest absolute Gasteiger partial charge is 0.314 e. The Hall–Kier alpha value is -0.280. The molecule has 0 unspecified atom stereocenters. The van der Waals surface area contributed by atoms with Crippen molar-refractivity contribution >= 4 is 23.2 Å². The van der Waals surface area contributed by atoms with Crippen molar-refractivity contribution < 1.29 is 0 Å². The lowest BCUT2D eigenvalue weighted by molar-refractivity contribution is 0.237. The van der Waals surface area contributed by atoms with E-state index >= 15 is 0 Å². The summed E-state index contributed by atoms with van der Waals surface area (Å²) in [6.45, 7) is 5.82. The molecule has 1 N–H and O–H groups in total. The normalized spacial score (nSPS) is 17.0. The quantitative estimate of drug-likeness (QED) is 0.836. The molecule has 100 valence electrons. The highest BCUT2D eigenvalue weighted by Crippen LogP contribution is 2.22. The van der Waals surface area contributed by atoms with Crippen LogP contribution in [0.4, 0.5) is 0 Å². The van der Waals surface area contributed by atoms with Gasteiger partial charge in [0, 0.05) is 36.2 Å². The molecule has 1 saturated heterocycles. The van der Waals surface area contributed by atoms with Gasteiger partial charge in [0.15, 0.2) is 0 Å². The molecule has 0 saturated carbocycles. The minimum Gasteiger partial charge on any atom is -0.314 e. The molecule has 1 fully saturated rings. The maximum atomic E-state index is 6.15. The van der Waals surface area contributed by atoms with Gasteiger partial charge in [-0.25, -0.2) is 0 Å². The summed E-state index contributed by atoms with van der Waals surface area (Å²) in [5, 5.41) is 4.88. The summed E-state index contributed by atoms with van der Waals surface area (Å²) in [6, 6.07) is 5.78. The molecule has 0 atom stereocenters. The summed E-state index contributed by atoms with van der Waals surface area (Å²) < 4.78 is 0. The first-order valence-corrected chi connectivity index (χ1v) is 7.38. The van der Waals surface area contributed by atoms with Crippen LogP contribution in [0.2, 0.25) is 10.0 Å². The molecule has 1 aromatic rings. The van der Waals surface area contributed by atoms with Crippen molar-refractivity contribution in [3.63, 3.8) is 0 Å². The lowest BCUT2D eigenvalue weighted by Gasteiger charge is -2.27. The number of nitrogens with one attached hydrogen (secondary N) is 1. The zero-order valence-corrected chi connectivity index (χ0v) is 12.1. The maximum Gasteiger partial charge on any atom is 0.0452 e. The maximum absolute atomic E-state index is 6.15. The van der Waals surface area contributed by atoms with Crippen molar-refractivity contribution in [3.8, 4) is 0 Å². The minimum absolute atomic E-state index is 0.713. The van der Waals surface area contributed by atoms with Crippen LogP contribution in [0.3, 0.4) is 0 Å². The molecule has 2 nitrogen and oxygen atoms in total. The molecule has 18 heavy (non-hydrogen) atoms. The number of aryl methyl sites for hydroxylation is 1. The Balaban J connectivity index is 1.68. The number of benzene rings is 1. The second kappa shape index (κ2) is 7.34. The Morgan fingerprint density at radius 3 is 2.61 bits per heavy atom. The first kappa shape index (κ1) is 14.1. The molecule has 2 rings (SSSR count). The van der Waals surface area contributed by atoms with Gasteiger partial charge >= 0.3 is 0 Å². The second-order valence-corrected chi connectivity index (χ2v) is 5.63. The Kier molecular flexibility index (Phi) is 5.77. The summed E-state index contributed by atoms with van der Waals surface area (Å²) in [7, 11) is 0. The van der Waals surface area contributed by atoms with Crippen molar-refractivity contribution in [3.05, 3.63) is 33.8 Å². The first-order chi connectivity index (χ1) is 8.75. The molecule has 0 aliphatic carbocycles. The van der Waals surface area contributed by atoms with Gasteiger partial charge in [0.1, 0.15) is 0 Å². The molecule has 1 aromatic carbocycles. The summed E-state index contributed by atoms with van der Waals surface area (Å²) in [6.07, 6.45) is 3.46. The second-order valence-electron chi connectivity index (χ2n) is 4.78. The van der Waals surface area contributed by atoms with Gasteiger partial charge in [0.05, 0.1) is 0 Å². The summed E-state index contributed by atoms with van der Waals surface area (Å²) in [5.74, 6) is 0. The van der Waals surface area contributed by atoms with E-state index in [1.54, 1.807) is 0 Å². The highest BCUT2D eigenvalue weighted by atomic mass is 35.5. The fourth-order valence-electron chi connectivity index (χ4n) is 2.31. The Morgan fingerprint density at radius 2 is 1.89 bits per heavy atom. The van der Waals surface area contributed by atoms with Crippen LogP contribution in [-0.4, -0.2) is 37.6 Å². The molecule has 0 radical (unpaired) electrons. The van der Waals surface area contributed by atoms with Gasteiger partial charge in [-0.2, -0.15) is 0 Å². The van der Waals surface area contributed by atoms with Crippen LogP contribution in [0.15, 0.2) is 18.2 Å². The molecule has 0 bridgehead atoms. The summed E-state index contributed by atoms with van der Waals surface area (Å²) in [4.78, 5) is 2.53. The Morgan fingerprint density at radius 1 is 1.11 bits per heavy atom. The van der Waals surface area contributed by atoms with Gasteiger partial charge in [0.25, 0.3) is 0 Å². The fraction of sp³-hybridized carbons (Fsp3) is 0.571. The zero-order chi connectivity index (χ0) is 12.8. The molecule has 0 amide bonds. The van der Waals surface area contributed by atoms with Crippen LogP contribution in [0, 0.1) is 0 Å². The van der Waals surface area contributed by atoms with Crippen molar-refractivity contribution in [1.82, 2.24) is 10.2 Å². The lowest BCUT2D eigenvalue weighted by atomic mass is 10.1. The molecule has 0 spiro atoms. The van der Waals surface area contributed by atoms with Crippen molar-refractivity contribution in [2.45, 2.75) is 19.3 Å². The van der Waals surface area contributed by atoms with Gasteiger partial charge in [0.2, 0.25) is 0 Å². The predicted molar refractivity (Wildman–Crippen MR) is 78.7 cm³/mol. The number of rotatable bonds is 5. The third-order valence-electron chi connectivity index (χ3n) is 3.40. The molecular weight excluding hydrogens is 267 g/mol. The number of nitrogens with zero attached hydrogens (tertiary/aromatic N) is 1. The van der Waals surface area contributed by atoms with Crippen LogP contribution >= 0.6 is 23.2 Å². The van der Waals surface area contributed by atoms with E-state index in [0.717, 1.165) is 24.5 Å². The van der Waals surface area contributed by atoms with Crippen molar-refractivity contribution in [1.29, 1.82) is 0 Å². The average Bonchev–Trinajstić information content (AvgIpc) is 2.38. The molecule has 0 aromatic heterocycles. The Bertz CT molecular complexity index is 376. The van der Waals surface area contributed by atoms with Crippen LogP contribution in [0.5, 0.6) is 0 Å². The van der Waals surface area contributed by atoms with E-state index in [2.05, 4.69) is 10.2 Å². The molecular formula is C14H20Cl2N2. The summed E-state index contributed by atoms with van der Waals surface area (Å²) >= 11 is 12.0. The highest BCUT2D eigenvalue weighted by Gasteiger charge is 2.08. The zero-order valence-electron chi connectivity index (χ0n) is 10.6. The van der Waals surface area contributed by atoms with E-state index in [1.807, 2.05) is 18.2 Å². The SMILES string of the molecule is Clc1ccc(CCCCN2CCNCC2)c(Cl)c1. The lowest BCUT2D eigenvalue weighted by Crippen LogP contribution is -2.43. The van der Waals surface area contributed by atoms with E-state index in [0.29, 0.717) is 5.02 Å². The monoisotopic (exact) mass is 286 g/mol. The van der Waals surface area contributed by atoms with Crippen LogP contribution in [0.1, 0.15) is 18.4 Å². The number of unbranched alkanes of at least 4 members (excludes halogenated alkanes) is 1. The van der Waals surface area contributed by atoms with E-state index < -0.39 is 0 Å². The third kappa shape index (κ3) is 4.43. The number of halogens is 2. The average molecular weight is 287 g/mol. The molecule has 1 aliphatic heterocycles. The van der Waals surface area contributed by atoms with E-state index in [1.165, 1.54) is 38.0 Å². The van der Waals surface area contributed by atoms with Gasteiger partial charge in [-0.1, -0.05) is 29.3 Å². The predicted octanol–water partition coefficient (Wildman–Crippen LogP) is 3.22. The van der Waals surface area contributed by atoms with Crippen LogP contribution in [0.25, 0.3) is 0 Å². The fourth-order valence-corrected chi connectivity index (χ4v) is 2.81. The number of hydrogen-bond donors (Lipinski definition) is 1. The van der Waals surface area contributed by atoms with Gasteiger partial charge in [-0.05, 0) is 43.5 Å². The highest BCUT2D eigenvalue weighted by molar-refractivity contribution is 6.35. The van der Waals surface area contributed by atoms with Crippen molar-refractivity contribution in [2.24, 2.45) is 0 Å². The first-order valence-electron chi connectivity index (χ1n) is 6.63. The number of piperazine rings is 1. The van der Waals surface area contributed by atoms with Gasteiger partial charge in [-0.15, -0.1) is 0 Å². The van der Waals surface area contributed by atoms with E-state index in [4.69, 9.17) is 23.2 Å². The summed E-state index contributed by atoms with van der Waals surface area (Å²) in [5.41, 5.74) is 1.21.